The van der Waals surface area contributed by atoms with Crippen LogP contribution >= 0.6 is 0 Å². The van der Waals surface area contributed by atoms with Crippen molar-refractivity contribution in [3.63, 3.8) is 0 Å². The van der Waals surface area contributed by atoms with Crippen LogP contribution in [-0.2, 0) is 14.8 Å². The summed E-state index contributed by atoms with van der Waals surface area (Å²) in [4.78, 5) is 2.04. The molecule has 3 rings (SSSR count). The second kappa shape index (κ2) is 8.38. The van der Waals surface area contributed by atoms with Crippen LogP contribution in [0.1, 0.15) is 12.8 Å². The fraction of sp³-hybridized carbons (Fsp3) is 0.667. The van der Waals surface area contributed by atoms with Gasteiger partial charge in [-0.15, -0.1) is 0 Å². The highest BCUT2D eigenvalue weighted by Gasteiger charge is 2.35. The number of ether oxygens (including phenoxy) is 1. The van der Waals surface area contributed by atoms with Crippen LogP contribution in [0.5, 0.6) is 0 Å². The molecule has 2 fully saturated rings. The number of rotatable bonds is 6. The molecule has 1 aromatic carbocycles. The van der Waals surface area contributed by atoms with E-state index in [1.54, 1.807) is 20.2 Å². The number of piperidine rings is 1. The minimum atomic E-state index is -3.27. The molecular formula is C18H27F2N3O3S. The molecule has 152 valence electrons. The van der Waals surface area contributed by atoms with Gasteiger partial charge in [-0.25, -0.2) is 21.5 Å². The van der Waals surface area contributed by atoms with Crippen molar-refractivity contribution < 1.29 is 21.9 Å². The van der Waals surface area contributed by atoms with Crippen LogP contribution in [0.3, 0.4) is 0 Å². The minimum Gasteiger partial charge on any atom is -0.379 e. The molecule has 27 heavy (non-hydrogen) atoms. The summed E-state index contributed by atoms with van der Waals surface area (Å²) in [6, 6.07) is 4.25. The number of sulfonamides is 1. The summed E-state index contributed by atoms with van der Waals surface area (Å²) in [5.41, 5.74) is 0.687. The van der Waals surface area contributed by atoms with Crippen molar-refractivity contribution in [1.82, 2.24) is 9.62 Å². The van der Waals surface area contributed by atoms with Crippen molar-refractivity contribution in [1.29, 1.82) is 0 Å². The Hall–Kier alpha value is -1.29. The topological polar surface area (TPSA) is 61.9 Å². The fourth-order valence-electron chi connectivity index (χ4n) is 3.66. The Morgan fingerprint density at radius 3 is 2.52 bits per heavy atom. The first-order chi connectivity index (χ1) is 12.8. The van der Waals surface area contributed by atoms with E-state index < -0.39 is 21.7 Å². The summed E-state index contributed by atoms with van der Waals surface area (Å²) in [6.07, 6.45) is 1.70. The van der Waals surface area contributed by atoms with Gasteiger partial charge in [0.1, 0.15) is 0 Å². The van der Waals surface area contributed by atoms with Crippen molar-refractivity contribution in [3.05, 3.63) is 29.8 Å². The van der Waals surface area contributed by atoms with E-state index in [2.05, 4.69) is 5.32 Å². The van der Waals surface area contributed by atoms with E-state index >= 15 is 0 Å². The highest BCUT2D eigenvalue weighted by atomic mass is 32.2. The van der Waals surface area contributed by atoms with Crippen LogP contribution < -0.4 is 10.2 Å². The van der Waals surface area contributed by atoms with Gasteiger partial charge >= 0.3 is 0 Å². The molecule has 0 aromatic heterocycles. The zero-order chi connectivity index (χ0) is 19.6. The first-order valence-electron chi connectivity index (χ1n) is 9.20. The molecule has 0 spiro atoms. The molecule has 1 N–H and O–H groups in total. The Kier molecular flexibility index (Phi) is 6.35. The predicted octanol–water partition coefficient (Wildman–Crippen LogP) is 1.43. The zero-order valence-electron chi connectivity index (χ0n) is 15.7. The Bertz CT molecular complexity index is 752. The summed E-state index contributed by atoms with van der Waals surface area (Å²) in [5.74, 6) is -1.66. The van der Waals surface area contributed by atoms with Crippen molar-refractivity contribution in [3.8, 4) is 0 Å². The molecular weight excluding hydrogens is 376 g/mol. The Labute approximate surface area is 159 Å². The van der Waals surface area contributed by atoms with Gasteiger partial charge in [0.2, 0.25) is 10.0 Å². The highest BCUT2D eigenvalue weighted by molar-refractivity contribution is 7.89. The van der Waals surface area contributed by atoms with Crippen molar-refractivity contribution >= 4 is 15.7 Å². The fourth-order valence-corrected chi connectivity index (χ4v) is 4.82. The number of anilines is 1. The quantitative estimate of drug-likeness (QED) is 0.779. The molecule has 0 aliphatic carbocycles. The van der Waals surface area contributed by atoms with Crippen molar-refractivity contribution in [2.24, 2.45) is 5.92 Å². The smallest absolute Gasteiger partial charge is 0.214 e. The van der Waals surface area contributed by atoms with Crippen molar-refractivity contribution in [2.75, 3.05) is 51.1 Å². The molecule has 2 saturated heterocycles. The average Bonchev–Trinajstić information content (AvgIpc) is 3.04. The standard InChI is InChI=1S/C18H27F2N3O3S/c1-22(2)27(24,25)12-13-10-26-11-18(13)21-14-5-7-23(8-6-14)15-3-4-16(19)17(20)9-15/h3-4,9,13-14,18,21H,5-8,10-12H2,1-2H3/t13-,18-/m0/s1. The van der Waals surface area contributed by atoms with Crippen LogP contribution in [0.2, 0.25) is 0 Å². The molecule has 9 heteroatoms. The summed E-state index contributed by atoms with van der Waals surface area (Å²) in [5, 5.41) is 3.55. The summed E-state index contributed by atoms with van der Waals surface area (Å²) < 4.78 is 57.6. The molecule has 1 aromatic rings. The molecule has 2 heterocycles. The van der Waals surface area contributed by atoms with Gasteiger partial charge in [0.25, 0.3) is 0 Å². The molecule has 0 bridgehead atoms. The molecule has 0 saturated carbocycles. The summed E-state index contributed by atoms with van der Waals surface area (Å²) in [6.45, 7) is 2.42. The van der Waals surface area contributed by atoms with E-state index in [1.165, 1.54) is 10.4 Å². The lowest BCUT2D eigenvalue weighted by Crippen LogP contribution is -2.49. The number of nitrogens with zero attached hydrogens (tertiary/aromatic N) is 2. The van der Waals surface area contributed by atoms with Crippen LogP contribution in [0, 0.1) is 17.6 Å². The largest absolute Gasteiger partial charge is 0.379 e. The van der Waals surface area contributed by atoms with E-state index in [9.17, 15) is 17.2 Å². The maximum atomic E-state index is 13.4. The zero-order valence-corrected chi connectivity index (χ0v) is 16.5. The maximum Gasteiger partial charge on any atom is 0.214 e. The van der Waals surface area contributed by atoms with Gasteiger partial charge in [-0.1, -0.05) is 0 Å². The van der Waals surface area contributed by atoms with Gasteiger partial charge in [0.15, 0.2) is 11.6 Å². The highest BCUT2D eigenvalue weighted by Crippen LogP contribution is 2.24. The summed E-state index contributed by atoms with van der Waals surface area (Å²) >= 11 is 0. The van der Waals surface area contributed by atoms with Crippen LogP contribution in [0.25, 0.3) is 0 Å². The average molecular weight is 403 g/mol. The normalized spacial score (nSPS) is 24.7. The SMILES string of the molecule is CN(C)S(=O)(=O)C[C@@H]1COC[C@@H]1NC1CCN(c2ccc(F)c(F)c2)CC1. The number of benzene rings is 1. The van der Waals surface area contributed by atoms with Gasteiger partial charge in [-0.05, 0) is 25.0 Å². The first-order valence-corrected chi connectivity index (χ1v) is 10.8. The number of hydrogen-bond donors (Lipinski definition) is 1. The van der Waals surface area contributed by atoms with Gasteiger partial charge in [-0.2, -0.15) is 0 Å². The third-order valence-corrected chi connectivity index (χ3v) is 7.35. The molecule has 0 unspecified atom stereocenters. The van der Waals surface area contributed by atoms with Gasteiger partial charge in [-0.3, -0.25) is 0 Å². The first kappa shape index (κ1) is 20.4. The van der Waals surface area contributed by atoms with E-state index in [0.29, 0.717) is 18.9 Å². The van der Waals surface area contributed by atoms with Crippen LogP contribution in [0.15, 0.2) is 18.2 Å². The van der Waals surface area contributed by atoms with E-state index in [-0.39, 0.29) is 23.8 Å². The lowest BCUT2D eigenvalue weighted by atomic mass is 10.00. The third-order valence-electron chi connectivity index (χ3n) is 5.39. The van der Waals surface area contributed by atoms with E-state index in [0.717, 1.165) is 32.0 Å². The number of nitrogens with one attached hydrogen (secondary N) is 1. The number of halogens is 2. The lowest BCUT2D eigenvalue weighted by molar-refractivity contribution is 0.182. The van der Waals surface area contributed by atoms with Gasteiger partial charge < -0.3 is 15.0 Å². The second-order valence-electron chi connectivity index (χ2n) is 7.49. The molecule has 2 aliphatic heterocycles. The molecule has 2 atom stereocenters. The second-order valence-corrected chi connectivity index (χ2v) is 9.72. The Morgan fingerprint density at radius 2 is 1.89 bits per heavy atom. The minimum absolute atomic E-state index is 0.0135. The number of hydrogen-bond acceptors (Lipinski definition) is 5. The third kappa shape index (κ3) is 4.96. The van der Waals surface area contributed by atoms with Crippen molar-refractivity contribution in [2.45, 2.75) is 24.9 Å². The molecule has 6 nitrogen and oxygen atoms in total. The van der Waals surface area contributed by atoms with Gasteiger partial charge in [0, 0.05) is 56.9 Å². The Balaban J connectivity index is 1.53. The summed E-state index contributed by atoms with van der Waals surface area (Å²) in [7, 11) is -0.182. The molecule has 0 radical (unpaired) electrons. The lowest BCUT2D eigenvalue weighted by Gasteiger charge is -2.36. The van der Waals surface area contributed by atoms with E-state index in [1.807, 2.05) is 4.90 Å². The predicted molar refractivity (Wildman–Crippen MR) is 100 cm³/mol. The van der Waals surface area contributed by atoms with Gasteiger partial charge in [0.05, 0.1) is 19.0 Å². The molecule has 2 aliphatic rings. The molecule has 0 amide bonds. The maximum absolute atomic E-state index is 13.4. The monoisotopic (exact) mass is 403 g/mol. The Morgan fingerprint density at radius 1 is 1.19 bits per heavy atom. The van der Waals surface area contributed by atoms with E-state index in [4.69, 9.17) is 4.74 Å². The van der Waals surface area contributed by atoms with Crippen LogP contribution in [-0.4, -0.2) is 71.0 Å². The van der Waals surface area contributed by atoms with Crippen LogP contribution in [0.4, 0.5) is 14.5 Å².